The summed E-state index contributed by atoms with van der Waals surface area (Å²) in [5.74, 6) is 1.19. The van der Waals surface area contributed by atoms with Crippen LogP contribution in [-0.4, -0.2) is 18.3 Å². The topological polar surface area (TPSA) is 40.8 Å². The maximum Gasteiger partial charge on any atom is 0.494 e. The van der Waals surface area contributed by atoms with Crippen LogP contribution in [0.25, 0.3) is 43.5 Å². The zero-order chi connectivity index (χ0) is 24.8. The summed E-state index contributed by atoms with van der Waals surface area (Å²) >= 11 is 6.58. The third-order valence-corrected chi connectivity index (χ3v) is 8.10. The third kappa shape index (κ3) is 3.10. The first-order chi connectivity index (χ1) is 17.2. The number of halogens is 1. The van der Waals surface area contributed by atoms with Gasteiger partial charge in [0.15, 0.2) is 0 Å². The van der Waals surface area contributed by atoms with Gasteiger partial charge in [-0.3, -0.25) is 0 Å². The number of fused-ring (bicyclic) bond motifs is 3. The van der Waals surface area contributed by atoms with Crippen LogP contribution in [-0.2, 0) is 9.31 Å². The molecule has 4 nitrogen and oxygen atoms in total. The van der Waals surface area contributed by atoms with Crippen LogP contribution in [0.4, 0.5) is 0 Å². The van der Waals surface area contributed by atoms with Gasteiger partial charge in [-0.1, -0.05) is 54.1 Å². The van der Waals surface area contributed by atoms with Crippen LogP contribution in [0.2, 0.25) is 5.02 Å². The summed E-state index contributed by atoms with van der Waals surface area (Å²) in [7, 11) is -0.501. The van der Waals surface area contributed by atoms with E-state index in [4.69, 9.17) is 30.1 Å². The highest BCUT2D eigenvalue weighted by molar-refractivity contribution is 6.62. The van der Waals surface area contributed by atoms with Crippen molar-refractivity contribution in [2.24, 2.45) is 0 Å². The van der Waals surface area contributed by atoms with Crippen molar-refractivity contribution in [3.63, 3.8) is 0 Å². The zero-order valence-corrected chi connectivity index (χ0v) is 21.3. The molecule has 0 amide bonds. The second-order valence-electron chi connectivity index (χ2n) is 10.6. The summed E-state index contributed by atoms with van der Waals surface area (Å²) in [6, 6.07) is 24.3. The Bertz CT molecular complexity index is 1790. The Morgan fingerprint density at radius 1 is 0.694 bits per heavy atom. The van der Waals surface area contributed by atoms with E-state index in [0.717, 1.165) is 38.2 Å². The lowest BCUT2D eigenvalue weighted by atomic mass is 9.79. The number of hydrogen-bond acceptors (Lipinski definition) is 4. The van der Waals surface area contributed by atoms with Crippen molar-refractivity contribution in [3.05, 3.63) is 77.8 Å². The molecule has 1 aliphatic rings. The van der Waals surface area contributed by atoms with Crippen LogP contribution in [0.3, 0.4) is 0 Å². The van der Waals surface area contributed by atoms with Gasteiger partial charge in [-0.2, -0.15) is 0 Å². The van der Waals surface area contributed by atoms with Crippen LogP contribution < -0.4 is 10.2 Å². The smallest absolute Gasteiger partial charge is 0.456 e. The van der Waals surface area contributed by atoms with E-state index in [2.05, 4.69) is 36.4 Å². The normalized spacial score (nSPS) is 17.2. The van der Waals surface area contributed by atoms with Crippen LogP contribution in [0, 0.1) is 0 Å². The van der Waals surface area contributed by atoms with Crippen LogP contribution in [0.1, 0.15) is 27.7 Å². The molecule has 2 heterocycles. The van der Waals surface area contributed by atoms with Crippen molar-refractivity contribution in [1.29, 1.82) is 0 Å². The summed E-state index contributed by atoms with van der Waals surface area (Å²) in [6.07, 6.45) is 0. The minimum atomic E-state index is -0.501. The molecule has 0 aliphatic carbocycles. The molecule has 1 saturated heterocycles. The highest BCUT2D eigenvalue weighted by Gasteiger charge is 2.51. The van der Waals surface area contributed by atoms with Crippen molar-refractivity contribution >= 4 is 67.7 Å². The van der Waals surface area contributed by atoms with Gasteiger partial charge in [-0.25, -0.2) is 0 Å². The standard InChI is InChI=1S/C30H24BClO4/c1-29(2)30(3,4)36-31(35-29)17-12-13-23(32)25(14-17)33-18-15-22-20-9-6-5-8-19(20)21-10-7-11-24-27(21)28(22)26(16-18)34-24/h5-16H,1-4H3. The molecule has 36 heavy (non-hydrogen) atoms. The SMILES string of the molecule is CC1(C)OB(c2ccc(Cl)c(Oc3cc4oc5cccc6c7ccccc7c(c3)c4c56)c2)OC1(C)C. The average molecular weight is 495 g/mol. The van der Waals surface area contributed by atoms with Crippen molar-refractivity contribution in [1.82, 2.24) is 0 Å². The van der Waals surface area contributed by atoms with E-state index in [1.165, 1.54) is 10.8 Å². The molecule has 6 aromatic rings. The fourth-order valence-electron chi connectivity index (χ4n) is 5.22. The van der Waals surface area contributed by atoms with Crippen LogP contribution in [0.15, 0.2) is 77.2 Å². The Balaban J connectivity index is 1.36. The Hall–Kier alpha value is -3.25. The second kappa shape index (κ2) is 7.39. The largest absolute Gasteiger partial charge is 0.494 e. The highest BCUT2D eigenvalue weighted by atomic mass is 35.5. The Morgan fingerprint density at radius 3 is 2.11 bits per heavy atom. The van der Waals surface area contributed by atoms with Crippen LogP contribution in [0.5, 0.6) is 11.5 Å². The van der Waals surface area contributed by atoms with E-state index >= 15 is 0 Å². The number of hydrogen-bond donors (Lipinski definition) is 0. The molecule has 1 aliphatic heterocycles. The molecule has 0 radical (unpaired) electrons. The molecule has 0 saturated carbocycles. The summed E-state index contributed by atoms with van der Waals surface area (Å²) in [4.78, 5) is 0. The van der Waals surface area contributed by atoms with Gasteiger partial charge in [0.1, 0.15) is 22.7 Å². The van der Waals surface area contributed by atoms with E-state index < -0.39 is 18.3 Å². The van der Waals surface area contributed by atoms with Crippen LogP contribution >= 0.6 is 11.6 Å². The van der Waals surface area contributed by atoms with E-state index in [1.54, 1.807) is 0 Å². The maximum absolute atomic E-state index is 6.58. The molecule has 0 unspecified atom stereocenters. The van der Waals surface area contributed by atoms with Gasteiger partial charge in [0.2, 0.25) is 0 Å². The van der Waals surface area contributed by atoms with E-state index in [-0.39, 0.29) is 0 Å². The monoisotopic (exact) mass is 494 g/mol. The lowest BCUT2D eigenvalue weighted by Gasteiger charge is -2.32. The number of rotatable bonds is 3. The number of ether oxygens (including phenoxy) is 1. The van der Waals surface area contributed by atoms with Crippen molar-refractivity contribution in [3.8, 4) is 11.5 Å². The van der Waals surface area contributed by atoms with Crippen molar-refractivity contribution < 1.29 is 18.5 Å². The van der Waals surface area contributed by atoms with Gasteiger partial charge in [0.25, 0.3) is 0 Å². The molecule has 178 valence electrons. The lowest BCUT2D eigenvalue weighted by molar-refractivity contribution is 0.00578. The molecular formula is C30H24BClO4. The molecular weight excluding hydrogens is 471 g/mol. The minimum absolute atomic E-state index is 0.431. The predicted octanol–water partition coefficient (Wildman–Crippen LogP) is 8.08. The van der Waals surface area contributed by atoms with Gasteiger partial charge in [0, 0.05) is 16.8 Å². The molecule has 5 aromatic carbocycles. The van der Waals surface area contributed by atoms with E-state index in [9.17, 15) is 0 Å². The Labute approximate surface area is 214 Å². The second-order valence-corrected chi connectivity index (χ2v) is 11.0. The van der Waals surface area contributed by atoms with Crippen molar-refractivity contribution in [2.45, 2.75) is 38.9 Å². The van der Waals surface area contributed by atoms with Gasteiger partial charge in [-0.05, 0) is 79.0 Å². The Morgan fingerprint density at radius 2 is 1.36 bits per heavy atom. The lowest BCUT2D eigenvalue weighted by Crippen LogP contribution is -2.41. The van der Waals surface area contributed by atoms with E-state index in [0.29, 0.717) is 16.5 Å². The maximum atomic E-state index is 6.58. The average Bonchev–Trinajstić information content (AvgIpc) is 3.32. The van der Waals surface area contributed by atoms with Crippen molar-refractivity contribution in [2.75, 3.05) is 0 Å². The quantitative estimate of drug-likeness (QED) is 0.184. The minimum Gasteiger partial charge on any atom is -0.456 e. The first-order valence-electron chi connectivity index (χ1n) is 12.1. The van der Waals surface area contributed by atoms with Gasteiger partial charge in [0.05, 0.1) is 16.2 Å². The van der Waals surface area contributed by atoms with Gasteiger partial charge < -0.3 is 18.5 Å². The molecule has 1 aromatic heterocycles. The first kappa shape index (κ1) is 22.0. The molecule has 0 spiro atoms. The van der Waals surface area contributed by atoms with Gasteiger partial charge >= 0.3 is 7.12 Å². The summed E-state index contributed by atoms with van der Waals surface area (Å²) in [5.41, 5.74) is 1.65. The summed E-state index contributed by atoms with van der Waals surface area (Å²) in [5, 5.41) is 7.41. The fraction of sp³-hybridized carbons (Fsp3) is 0.200. The number of benzene rings is 5. The number of furan rings is 1. The zero-order valence-electron chi connectivity index (χ0n) is 20.5. The van der Waals surface area contributed by atoms with Gasteiger partial charge in [-0.15, -0.1) is 0 Å². The Kier molecular flexibility index (Phi) is 4.51. The molecule has 0 N–H and O–H groups in total. The molecule has 7 rings (SSSR count). The third-order valence-electron chi connectivity index (χ3n) is 7.79. The summed E-state index contributed by atoms with van der Waals surface area (Å²) in [6.45, 7) is 8.16. The molecule has 0 atom stereocenters. The molecule has 0 bridgehead atoms. The molecule has 6 heteroatoms. The first-order valence-corrected chi connectivity index (χ1v) is 12.5. The predicted molar refractivity (Wildman–Crippen MR) is 147 cm³/mol. The van der Waals surface area contributed by atoms with E-state index in [1.807, 2.05) is 64.1 Å². The highest BCUT2D eigenvalue weighted by Crippen LogP contribution is 2.45. The molecule has 1 fully saturated rings. The fourth-order valence-corrected chi connectivity index (χ4v) is 5.38. The summed E-state index contributed by atoms with van der Waals surface area (Å²) < 4.78 is 25.1.